The zero-order chi connectivity index (χ0) is 17.9. The third-order valence-corrected chi connectivity index (χ3v) is 4.46. The van der Waals surface area contributed by atoms with Gasteiger partial charge in [-0.25, -0.2) is 4.79 Å². The van der Waals surface area contributed by atoms with Crippen LogP contribution in [-0.2, 0) is 11.3 Å². The van der Waals surface area contributed by atoms with E-state index in [0.717, 1.165) is 31.4 Å². The molecule has 1 aromatic rings. The van der Waals surface area contributed by atoms with Crippen molar-refractivity contribution in [2.45, 2.75) is 71.1 Å². The highest BCUT2D eigenvalue weighted by Gasteiger charge is 2.30. The first kappa shape index (κ1) is 17.8. The lowest BCUT2D eigenvalue weighted by Crippen LogP contribution is -2.44. The molecule has 1 aromatic heterocycles. The smallest absolute Gasteiger partial charge is 0.410 e. The van der Waals surface area contributed by atoms with Crippen LogP contribution in [0, 0.1) is 0 Å². The Morgan fingerprint density at radius 2 is 1.88 bits per heavy atom. The van der Waals surface area contributed by atoms with Crippen molar-refractivity contribution >= 4 is 6.09 Å². The maximum absolute atomic E-state index is 12.8. The fourth-order valence-corrected chi connectivity index (χ4v) is 3.31. The molecule has 1 amide bonds. The summed E-state index contributed by atoms with van der Waals surface area (Å²) >= 11 is 0. The Morgan fingerprint density at radius 1 is 1.20 bits per heavy atom. The van der Waals surface area contributed by atoms with Gasteiger partial charge in [-0.05, 0) is 33.6 Å². The standard InChI is InChI=1S/C19H28N2O4/c1-19(2,3)25-18(22)21(15-7-5-4-6-8-15)13-14-11-16-17(12-20-14)24-10-9-23-16/h11-12,15H,4-10,13H2,1-3H3. The van der Waals surface area contributed by atoms with E-state index < -0.39 is 5.60 Å². The molecule has 1 aliphatic carbocycles. The van der Waals surface area contributed by atoms with Crippen molar-refractivity contribution in [2.75, 3.05) is 13.2 Å². The summed E-state index contributed by atoms with van der Waals surface area (Å²) in [7, 11) is 0. The number of hydrogen-bond acceptors (Lipinski definition) is 5. The van der Waals surface area contributed by atoms with Gasteiger partial charge in [-0.3, -0.25) is 9.88 Å². The lowest BCUT2D eigenvalue weighted by molar-refractivity contribution is 0.00953. The van der Waals surface area contributed by atoms with Gasteiger partial charge in [-0.15, -0.1) is 0 Å². The molecule has 0 aromatic carbocycles. The van der Waals surface area contributed by atoms with Gasteiger partial charge in [0, 0.05) is 12.1 Å². The Labute approximate surface area is 149 Å². The van der Waals surface area contributed by atoms with E-state index in [4.69, 9.17) is 14.2 Å². The van der Waals surface area contributed by atoms with Gasteiger partial charge in [-0.1, -0.05) is 19.3 Å². The summed E-state index contributed by atoms with van der Waals surface area (Å²) in [4.78, 5) is 19.1. The summed E-state index contributed by atoms with van der Waals surface area (Å²) in [6, 6.07) is 2.08. The Hall–Kier alpha value is -1.98. The highest BCUT2D eigenvalue weighted by atomic mass is 16.6. The van der Waals surface area contributed by atoms with Crippen molar-refractivity contribution in [1.29, 1.82) is 0 Å². The van der Waals surface area contributed by atoms with Crippen LogP contribution in [0.15, 0.2) is 12.3 Å². The van der Waals surface area contributed by atoms with E-state index in [0.29, 0.717) is 31.3 Å². The van der Waals surface area contributed by atoms with E-state index in [9.17, 15) is 4.79 Å². The van der Waals surface area contributed by atoms with Crippen molar-refractivity contribution in [3.63, 3.8) is 0 Å². The van der Waals surface area contributed by atoms with E-state index in [1.54, 1.807) is 6.20 Å². The van der Waals surface area contributed by atoms with Gasteiger partial charge in [-0.2, -0.15) is 0 Å². The van der Waals surface area contributed by atoms with Gasteiger partial charge in [0.25, 0.3) is 0 Å². The number of hydrogen-bond donors (Lipinski definition) is 0. The first-order chi connectivity index (χ1) is 11.9. The first-order valence-corrected chi connectivity index (χ1v) is 9.16. The molecule has 2 heterocycles. The molecule has 6 heteroatoms. The summed E-state index contributed by atoms with van der Waals surface area (Å²) in [5.74, 6) is 1.36. The highest BCUT2D eigenvalue weighted by molar-refractivity contribution is 5.68. The van der Waals surface area contributed by atoms with E-state index in [2.05, 4.69) is 4.98 Å². The Balaban J connectivity index is 1.77. The normalized spacial score (nSPS) is 17.9. The molecule has 0 spiro atoms. The number of aromatic nitrogens is 1. The minimum absolute atomic E-state index is 0.207. The molecule has 0 unspecified atom stereocenters. The maximum Gasteiger partial charge on any atom is 0.410 e. The molecule has 0 saturated heterocycles. The molecule has 1 saturated carbocycles. The number of pyridine rings is 1. The second-order valence-electron chi connectivity index (χ2n) is 7.72. The SMILES string of the molecule is CC(C)(C)OC(=O)N(Cc1cc2c(cn1)OCCO2)C1CCCCC1. The zero-order valence-electron chi connectivity index (χ0n) is 15.4. The van der Waals surface area contributed by atoms with E-state index in [-0.39, 0.29) is 12.1 Å². The Morgan fingerprint density at radius 3 is 2.56 bits per heavy atom. The summed E-state index contributed by atoms with van der Waals surface area (Å²) in [6.07, 6.45) is 6.99. The predicted molar refractivity (Wildman–Crippen MR) is 93.9 cm³/mol. The molecular weight excluding hydrogens is 320 g/mol. The van der Waals surface area contributed by atoms with Crippen molar-refractivity contribution in [2.24, 2.45) is 0 Å². The molecule has 0 bridgehead atoms. The van der Waals surface area contributed by atoms with Gasteiger partial charge >= 0.3 is 6.09 Å². The molecule has 1 aliphatic heterocycles. The molecule has 0 radical (unpaired) electrons. The van der Waals surface area contributed by atoms with Crippen LogP contribution in [0.2, 0.25) is 0 Å². The molecule has 6 nitrogen and oxygen atoms in total. The van der Waals surface area contributed by atoms with Crippen molar-refractivity contribution in [3.05, 3.63) is 18.0 Å². The molecule has 25 heavy (non-hydrogen) atoms. The fourth-order valence-electron chi connectivity index (χ4n) is 3.31. The number of carbonyl (C=O) groups is 1. The first-order valence-electron chi connectivity index (χ1n) is 9.16. The van der Waals surface area contributed by atoms with Crippen molar-refractivity contribution in [3.8, 4) is 11.5 Å². The molecule has 2 aliphatic rings. The van der Waals surface area contributed by atoms with Gasteiger partial charge < -0.3 is 14.2 Å². The van der Waals surface area contributed by atoms with Crippen molar-refractivity contribution in [1.82, 2.24) is 9.88 Å². The van der Waals surface area contributed by atoms with Gasteiger partial charge in [0.05, 0.1) is 18.4 Å². The number of carbonyl (C=O) groups excluding carboxylic acids is 1. The molecule has 3 rings (SSSR count). The minimum Gasteiger partial charge on any atom is -0.486 e. The maximum atomic E-state index is 12.8. The molecular formula is C19H28N2O4. The van der Waals surface area contributed by atoms with E-state index in [1.165, 1.54) is 6.42 Å². The lowest BCUT2D eigenvalue weighted by atomic mass is 9.94. The third-order valence-electron chi connectivity index (χ3n) is 4.46. The van der Waals surface area contributed by atoms with Crippen LogP contribution >= 0.6 is 0 Å². The summed E-state index contributed by atoms with van der Waals surface area (Å²) in [5.41, 5.74) is 0.283. The van der Waals surface area contributed by atoms with Gasteiger partial charge in [0.15, 0.2) is 11.5 Å². The van der Waals surface area contributed by atoms with Crippen LogP contribution in [0.4, 0.5) is 4.79 Å². The molecule has 1 fully saturated rings. The Bertz CT molecular complexity index is 606. The number of rotatable bonds is 3. The summed E-state index contributed by atoms with van der Waals surface area (Å²) < 4.78 is 16.8. The van der Waals surface area contributed by atoms with Crippen LogP contribution in [-0.4, -0.2) is 40.8 Å². The second kappa shape index (κ2) is 7.50. The fraction of sp³-hybridized carbons (Fsp3) is 0.684. The lowest BCUT2D eigenvalue weighted by Gasteiger charge is -2.35. The predicted octanol–water partition coefficient (Wildman–Crippen LogP) is 3.92. The number of ether oxygens (including phenoxy) is 3. The van der Waals surface area contributed by atoms with E-state index in [1.807, 2.05) is 31.7 Å². The van der Waals surface area contributed by atoms with Crippen LogP contribution in [0.1, 0.15) is 58.6 Å². The average Bonchev–Trinajstić information content (AvgIpc) is 2.58. The monoisotopic (exact) mass is 348 g/mol. The highest BCUT2D eigenvalue weighted by Crippen LogP contribution is 2.31. The van der Waals surface area contributed by atoms with Gasteiger partial charge in [0.2, 0.25) is 0 Å². The number of amides is 1. The Kier molecular flexibility index (Phi) is 5.35. The molecule has 0 atom stereocenters. The van der Waals surface area contributed by atoms with Crippen molar-refractivity contribution < 1.29 is 19.0 Å². The second-order valence-corrected chi connectivity index (χ2v) is 7.72. The van der Waals surface area contributed by atoms with Crippen LogP contribution in [0.25, 0.3) is 0 Å². The third kappa shape index (κ3) is 4.77. The van der Waals surface area contributed by atoms with Gasteiger partial charge in [0.1, 0.15) is 18.8 Å². The largest absolute Gasteiger partial charge is 0.486 e. The van der Waals surface area contributed by atoms with E-state index >= 15 is 0 Å². The van der Waals surface area contributed by atoms with Crippen LogP contribution < -0.4 is 9.47 Å². The summed E-state index contributed by atoms with van der Waals surface area (Å²) in [5, 5.41) is 0. The quantitative estimate of drug-likeness (QED) is 0.828. The zero-order valence-corrected chi connectivity index (χ0v) is 15.4. The number of fused-ring (bicyclic) bond motifs is 1. The summed E-state index contributed by atoms with van der Waals surface area (Å²) in [6.45, 7) is 7.19. The topological polar surface area (TPSA) is 60.9 Å². The average molecular weight is 348 g/mol. The molecule has 138 valence electrons. The minimum atomic E-state index is -0.510. The van der Waals surface area contributed by atoms with Crippen LogP contribution in [0.3, 0.4) is 0 Å². The number of nitrogens with zero attached hydrogens (tertiary/aromatic N) is 2. The van der Waals surface area contributed by atoms with Crippen LogP contribution in [0.5, 0.6) is 11.5 Å². The molecule has 0 N–H and O–H groups in total.